The van der Waals surface area contributed by atoms with E-state index in [2.05, 4.69) is 6.92 Å². The predicted molar refractivity (Wildman–Crippen MR) is 170 cm³/mol. The van der Waals surface area contributed by atoms with Crippen LogP contribution in [0.1, 0.15) is 212 Å². The Morgan fingerprint density at radius 3 is 0.757 bits per heavy atom. The summed E-state index contributed by atoms with van der Waals surface area (Å²) in [7, 11) is 0. The summed E-state index contributed by atoms with van der Waals surface area (Å²) in [5.74, 6) is 0. The SMILES string of the molecule is CCCCCCCCCCCCCCCCCCCCCCCCCCCCCCCCC(N)CCN. The topological polar surface area (TPSA) is 52.0 Å². The van der Waals surface area contributed by atoms with E-state index in [9.17, 15) is 0 Å². The predicted octanol–water partition coefficient (Wildman–Crippen LogP) is 11.8. The van der Waals surface area contributed by atoms with Gasteiger partial charge in [-0.05, 0) is 19.4 Å². The smallest absolute Gasteiger partial charge is 0.00508 e. The molecule has 2 heteroatoms. The summed E-state index contributed by atoms with van der Waals surface area (Å²) in [4.78, 5) is 0. The Labute approximate surface area is 236 Å². The van der Waals surface area contributed by atoms with Crippen LogP contribution in [0.15, 0.2) is 0 Å². The van der Waals surface area contributed by atoms with Crippen molar-refractivity contribution in [1.29, 1.82) is 0 Å². The Kier molecular flexibility index (Phi) is 33.9. The van der Waals surface area contributed by atoms with Crippen molar-refractivity contribution in [2.24, 2.45) is 11.5 Å². The van der Waals surface area contributed by atoms with Gasteiger partial charge in [-0.1, -0.05) is 200 Å². The highest BCUT2D eigenvalue weighted by molar-refractivity contribution is 4.61. The number of hydrogen-bond donors (Lipinski definition) is 2. The molecule has 0 aliphatic heterocycles. The maximum absolute atomic E-state index is 6.02. The maximum atomic E-state index is 6.02. The molecule has 0 saturated heterocycles. The van der Waals surface area contributed by atoms with Crippen LogP contribution >= 0.6 is 0 Å². The van der Waals surface area contributed by atoms with Crippen molar-refractivity contribution in [3.05, 3.63) is 0 Å². The van der Waals surface area contributed by atoms with Gasteiger partial charge in [0.15, 0.2) is 0 Å². The largest absolute Gasteiger partial charge is 0.330 e. The molecule has 0 aromatic carbocycles. The van der Waals surface area contributed by atoms with Crippen molar-refractivity contribution in [1.82, 2.24) is 0 Å². The molecule has 0 bridgehead atoms. The summed E-state index contributed by atoms with van der Waals surface area (Å²) in [6.45, 7) is 3.04. The molecule has 0 radical (unpaired) electrons. The van der Waals surface area contributed by atoms with E-state index in [-0.39, 0.29) is 0 Å². The first-order valence-electron chi connectivity index (χ1n) is 17.8. The normalized spacial score (nSPS) is 12.4. The van der Waals surface area contributed by atoms with Gasteiger partial charge in [0.25, 0.3) is 0 Å². The summed E-state index contributed by atoms with van der Waals surface area (Å²) >= 11 is 0. The van der Waals surface area contributed by atoms with E-state index in [1.54, 1.807) is 0 Å². The average molecular weight is 523 g/mol. The number of hydrogen-bond acceptors (Lipinski definition) is 2. The van der Waals surface area contributed by atoms with Gasteiger partial charge in [0.05, 0.1) is 0 Å². The second kappa shape index (κ2) is 33.9. The molecule has 1 atom stereocenters. The molecule has 37 heavy (non-hydrogen) atoms. The molecule has 224 valence electrons. The fourth-order valence-electron chi connectivity index (χ4n) is 5.79. The van der Waals surface area contributed by atoms with Crippen LogP contribution in [0.5, 0.6) is 0 Å². The van der Waals surface area contributed by atoms with Crippen molar-refractivity contribution in [2.75, 3.05) is 6.54 Å². The molecular weight excluding hydrogens is 448 g/mol. The standard InChI is InChI=1S/C35H74N2/c1-2-3-4-5-6-7-8-9-10-11-12-13-14-15-16-17-18-19-20-21-22-23-24-25-26-27-28-29-30-31-32-35(37)33-34-36/h35H,2-34,36-37H2,1H3. The van der Waals surface area contributed by atoms with Gasteiger partial charge in [0.2, 0.25) is 0 Å². The molecule has 1 unspecified atom stereocenters. The highest BCUT2D eigenvalue weighted by atomic mass is 14.6. The molecule has 0 aromatic rings. The Balaban J connectivity index is 3.03. The van der Waals surface area contributed by atoms with Crippen LogP contribution in [-0.2, 0) is 0 Å². The second-order valence-corrected chi connectivity index (χ2v) is 12.4. The second-order valence-electron chi connectivity index (χ2n) is 12.4. The van der Waals surface area contributed by atoms with E-state index in [1.807, 2.05) is 0 Å². The van der Waals surface area contributed by atoms with Crippen LogP contribution in [0, 0.1) is 0 Å². The molecule has 0 spiro atoms. The van der Waals surface area contributed by atoms with Crippen LogP contribution in [0.4, 0.5) is 0 Å². The minimum absolute atomic E-state index is 0.337. The minimum atomic E-state index is 0.337. The zero-order valence-corrected chi connectivity index (χ0v) is 26.1. The summed E-state index contributed by atoms with van der Waals surface area (Å²) in [5.41, 5.74) is 11.6. The lowest BCUT2D eigenvalue weighted by molar-refractivity contribution is 0.502. The first-order valence-corrected chi connectivity index (χ1v) is 17.8. The molecule has 0 heterocycles. The molecule has 0 aromatic heterocycles. The summed E-state index contributed by atoms with van der Waals surface area (Å²) in [6, 6.07) is 0.337. The zero-order chi connectivity index (χ0) is 26.9. The maximum Gasteiger partial charge on any atom is 0.00508 e. The van der Waals surface area contributed by atoms with E-state index in [1.165, 1.54) is 193 Å². The van der Waals surface area contributed by atoms with Crippen LogP contribution in [0.25, 0.3) is 0 Å². The third kappa shape index (κ3) is 33.9. The van der Waals surface area contributed by atoms with Gasteiger partial charge in [-0.25, -0.2) is 0 Å². The highest BCUT2D eigenvalue weighted by Gasteiger charge is 2.00. The van der Waals surface area contributed by atoms with Crippen molar-refractivity contribution in [2.45, 2.75) is 218 Å². The van der Waals surface area contributed by atoms with Gasteiger partial charge in [0, 0.05) is 6.04 Å². The minimum Gasteiger partial charge on any atom is -0.330 e. The van der Waals surface area contributed by atoms with Crippen LogP contribution < -0.4 is 11.5 Å². The monoisotopic (exact) mass is 523 g/mol. The molecule has 0 saturated carbocycles. The van der Waals surface area contributed by atoms with Crippen LogP contribution in [0.2, 0.25) is 0 Å². The average Bonchev–Trinajstić information content (AvgIpc) is 2.90. The van der Waals surface area contributed by atoms with Crippen LogP contribution in [0.3, 0.4) is 0 Å². The van der Waals surface area contributed by atoms with Crippen molar-refractivity contribution < 1.29 is 0 Å². The Morgan fingerprint density at radius 1 is 0.324 bits per heavy atom. The Morgan fingerprint density at radius 2 is 0.541 bits per heavy atom. The summed E-state index contributed by atoms with van der Waals surface area (Å²) in [5, 5.41) is 0. The fraction of sp³-hybridized carbons (Fsp3) is 1.00. The van der Waals surface area contributed by atoms with E-state index >= 15 is 0 Å². The van der Waals surface area contributed by atoms with E-state index in [0.717, 1.165) is 19.4 Å². The molecule has 0 aliphatic carbocycles. The van der Waals surface area contributed by atoms with Gasteiger partial charge in [-0.3, -0.25) is 0 Å². The lowest BCUT2D eigenvalue weighted by atomic mass is 10.0. The first kappa shape index (κ1) is 36.9. The van der Waals surface area contributed by atoms with Crippen molar-refractivity contribution >= 4 is 0 Å². The number of rotatable bonds is 33. The third-order valence-electron chi connectivity index (χ3n) is 8.47. The fourth-order valence-corrected chi connectivity index (χ4v) is 5.79. The number of unbranched alkanes of at least 4 members (excludes halogenated alkanes) is 29. The van der Waals surface area contributed by atoms with Gasteiger partial charge in [0.1, 0.15) is 0 Å². The Hall–Kier alpha value is -0.0800. The van der Waals surface area contributed by atoms with Crippen molar-refractivity contribution in [3.8, 4) is 0 Å². The highest BCUT2D eigenvalue weighted by Crippen LogP contribution is 2.16. The molecule has 0 amide bonds. The van der Waals surface area contributed by atoms with Gasteiger partial charge >= 0.3 is 0 Å². The summed E-state index contributed by atoms with van der Waals surface area (Å²) in [6.07, 6.45) is 45.9. The molecule has 0 aliphatic rings. The summed E-state index contributed by atoms with van der Waals surface area (Å²) < 4.78 is 0. The lowest BCUT2D eigenvalue weighted by Crippen LogP contribution is -2.23. The number of nitrogens with two attached hydrogens (primary N) is 2. The molecule has 2 nitrogen and oxygen atoms in total. The molecule has 4 N–H and O–H groups in total. The molecular formula is C35H74N2. The first-order chi connectivity index (χ1) is 18.3. The Bertz CT molecular complexity index is 383. The van der Waals surface area contributed by atoms with Gasteiger partial charge in [-0.15, -0.1) is 0 Å². The van der Waals surface area contributed by atoms with E-state index in [4.69, 9.17) is 11.5 Å². The van der Waals surface area contributed by atoms with Crippen molar-refractivity contribution in [3.63, 3.8) is 0 Å². The third-order valence-corrected chi connectivity index (χ3v) is 8.47. The van der Waals surface area contributed by atoms with Gasteiger partial charge < -0.3 is 11.5 Å². The lowest BCUT2D eigenvalue weighted by Gasteiger charge is -2.09. The van der Waals surface area contributed by atoms with E-state index < -0.39 is 0 Å². The van der Waals surface area contributed by atoms with Gasteiger partial charge in [-0.2, -0.15) is 0 Å². The van der Waals surface area contributed by atoms with E-state index in [0.29, 0.717) is 6.04 Å². The quantitative estimate of drug-likeness (QED) is 0.0842. The molecule has 0 fully saturated rings. The molecule has 0 rings (SSSR count). The zero-order valence-electron chi connectivity index (χ0n) is 26.1. The van der Waals surface area contributed by atoms with Crippen LogP contribution in [-0.4, -0.2) is 12.6 Å².